The van der Waals surface area contributed by atoms with Gasteiger partial charge in [0, 0.05) is 12.7 Å². The van der Waals surface area contributed by atoms with Crippen molar-refractivity contribution < 1.29 is 14.1 Å². The molecule has 0 aliphatic rings. The van der Waals surface area contributed by atoms with E-state index in [1.54, 1.807) is 24.0 Å². The van der Waals surface area contributed by atoms with E-state index in [0.717, 1.165) is 16.9 Å². The van der Waals surface area contributed by atoms with Crippen LogP contribution < -0.4 is 10.1 Å². The first kappa shape index (κ1) is 19.0. The van der Waals surface area contributed by atoms with Gasteiger partial charge in [-0.15, -0.1) is 0 Å². The van der Waals surface area contributed by atoms with E-state index in [-0.39, 0.29) is 18.2 Å². The first-order valence-corrected chi connectivity index (χ1v) is 8.94. The van der Waals surface area contributed by atoms with Crippen LogP contribution in [0, 0.1) is 20.8 Å². The van der Waals surface area contributed by atoms with E-state index in [2.05, 4.69) is 15.6 Å². The molecule has 0 aliphatic heterocycles. The Morgan fingerprint density at radius 2 is 2.15 bits per heavy atom. The lowest BCUT2D eigenvalue weighted by Crippen LogP contribution is -2.28. The van der Waals surface area contributed by atoms with Crippen LogP contribution in [-0.2, 0) is 13.2 Å². The van der Waals surface area contributed by atoms with Crippen LogP contribution in [0.3, 0.4) is 0 Å². The molecule has 3 aromatic rings. The van der Waals surface area contributed by atoms with E-state index in [4.69, 9.17) is 20.9 Å². The summed E-state index contributed by atoms with van der Waals surface area (Å²) >= 11 is 5.82. The van der Waals surface area contributed by atoms with Crippen molar-refractivity contribution in [2.75, 3.05) is 6.54 Å². The predicted molar refractivity (Wildman–Crippen MR) is 101 cm³/mol. The van der Waals surface area contributed by atoms with Crippen LogP contribution >= 0.6 is 11.6 Å². The van der Waals surface area contributed by atoms with Gasteiger partial charge in [0.05, 0.1) is 23.3 Å². The van der Waals surface area contributed by atoms with Crippen molar-refractivity contribution in [2.24, 2.45) is 0 Å². The van der Waals surface area contributed by atoms with Crippen molar-refractivity contribution in [3.05, 3.63) is 63.8 Å². The molecule has 0 unspecified atom stereocenters. The molecule has 0 fully saturated rings. The van der Waals surface area contributed by atoms with Crippen LogP contribution in [0.5, 0.6) is 5.75 Å². The number of nitrogens with one attached hydrogen (secondary N) is 1. The number of nitrogens with zero attached hydrogens (tertiary/aromatic N) is 3. The molecule has 2 heterocycles. The fraction of sp³-hybridized carbons (Fsp3) is 0.316. The summed E-state index contributed by atoms with van der Waals surface area (Å²) in [7, 11) is 0. The second-order valence-corrected chi connectivity index (χ2v) is 6.67. The van der Waals surface area contributed by atoms with Crippen molar-refractivity contribution >= 4 is 17.5 Å². The minimum Gasteiger partial charge on any atom is -0.488 e. The summed E-state index contributed by atoms with van der Waals surface area (Å²) < 4.78 is 12.8. The average molecular weight is 389 g/mol. The van der Waals surface area contributed by atoms with Gasteiger partial charge < -0.3 is 14.6 Å². The Morgan fingerprint density at radius 1 is 1.33 bits per heavy atom. The number of carbonyl (C=O) groups excluding carboxylic acids is 1. The standard InChI is InChI=1S/C19H21ClN4O3/c1-12-5-4-6-17(13(12)2)26-11-16-14(3)27-23-18(16)19(25)21-7-8-24-10-15(20)9-22-24/h4-6,9-10H,7-8,11H2,1-3H3,(H,21,25). The predicted octanol–water partition coefficient (Wildman–Crippen LogP) is 3.46. The lowest BCUT2D eigenvalue weighted by Gasteiger charge is -2.11. The maximum Gasteiger partial charge on any atom is 0.273 e. The Labute approximate surface area is 162 Å². The topological polar surface area (TPSA) is 82.2 Å². The molecule has 0 saturated heterocycles. The van der Waals surface area contributed by atoms with Crippen LogP contribution in [0.4, 0.5) is 0 Å². The Kier molecular flexibility index (Phi) is 5.81. The molecule has 0 spiro atoms. The van der Waals surface area contributed by atoms with Crippen LogP contribution in [0.25, 0.3) is 0 Å². The highest BCUT2D eigenvalue weighted by molar-refractivity contribution is 6.30. The van der Waals surface area contributed by atoms with Crippen LogP contribution in [0.1, 0.15) is 32.9 Å². The Balaban J connectivity index is 1.63. The summed E-state index contributed by atoms with van der Waals surface area (Å²) in [6.45, 7) is 6.89. The van der Waals surface area contributed by atoms with Crippen molar-refractivity contribution in [1.82, 2.24) is 20.3 Å². The molecular weight excluding hydrogens is 368 g/mol. The Bertz CT molecular complexity index is 948. The summed E-state index contributed by atoms with van der Waals surface area (Å²) in [5.41, 5.74) is 3.08. The third-order valence-corrected chi connectivity index (χ3v) is 4.55. The van der Waals surface area contributed by atoms with Crippen molar-refractivity contribution in [2.45, 2.75) is 33.9 Å². The largest absolute Gasteiger partial charge is 0.488 e. The van der Waals surface area contributed by atoms with E-state index in [1.165, 1.54) is 0 Å². The number of amides is 1. The summed E-state index contributed by atoms with van der Waals surface area (Å²) in [6.07, 6.45) is 3.24. The molecule has 0 aliphatic carbocycles. The number of halogens is 1. The summed E-state index contributed by atoms with van der Waals surface area (Å²) in [4.78, 5) is 12.5. The molecule has 1 amide bonds. The fourth-order valence-electron chi connectivity index (χ4n) is 2.60. The van der Waals surface area contributed by atoms with Gasteiger partial charge >= 0.3 is 0 Å². The van der Waals surface area contributed by atoms with Gasteiger partial charge in [-0.3, -0.25) is 9.48 Å². The summed E-state index contributed by atoms with van der Waals surface area (Å²) in [5.74, 6) is 1.02. The minimum absolute atomic E-state index is 0.206. The molecule has 0 atom stereocenters. The number of carbonyl (C=O) groups is 1. The second kappa shape index (κ2) is 8.26. The Hall–Kier alpha value is -2.80. The normalized spacial score (nSPS) is 10.8. The van der Waals surface area contributed by atoms with Gasteiger partial charge in [0.2, 0.25) is 0 Å². The highest BCUT2D eigenvalue weighted by atomic mass is 35.5. The van der Waals surface area contributed by atoms with E-state index < -0.39 is 0 Å². The number of rotatable bonds is 7. The van der Waals surface area contributed by atoms with Crippen molar-refractivity contribution in [1.29, 1.82) is 0 Å². The van der Waals surface area contributed by atoms with Crippen molar-refractivity contribution in [3.63, 3.8) is 0 Å². The molecule has 142 valence electrons. The molecule has 27 heavy (non-hydrogen) atoms. The van der Waals surface area contributed by atoms with E-state index in [1.807, 2.05) is 32.0 Å². The lowest BCUT2D eigenvalue weighted by atomic mass is 10.1. The molecule has 7 nitrogen and oxygen atoms in total. The highest BCUT2D eigenvalue weighted by Gasteiger charge is 2.20. The smallest absolute Gasteiger partial charge is 0.273 e. The molecule has 3 rings (SSSR count). The number of aromatic nitrogens is 3. The van der Waals surface area contributed by atoms with Gasteiger partial charge in [-0.05, 0) is 38.0 Å². The van der Waals surface area contributed by atoms with Gasteiger partial charge in [0.1, 0.15) is 18.1 Å². The lowest BCUT2D eigenvalue weighted by molar-refractivity contribution is 0.0940. The zero-order chi connectivity index (χ0) is 19.4. The Morgan fingerprint density at radius 3 is 2.89 bits per heavy atom. The zero-order valence-electron chi connectivity index (χ0n) is 15.5. The highest BCUT2D eigenvalue weighted by Crippen LogP contribution is 2.23. The van der Waals surface area contributed by atoms with Gasteiger partial charge in [-0.1, -0.05) is 28.9 Å². The summed E-state index contributed by atoms with van der Waals surface area (Å²) in [6, 6.07) is 5.87. The molecule has 8 heteroatoms. The zero-order valence-corrected chi connectivity index (χ0v) is 16.2. The third-order valence-electron chi connectivity index (χ3n) is 4.35. The molecule has 0 radical (unpaired) electrons. The first-order chi connectivity index (χ1) is 13.0. The molecule has 0 saturated carbocycles. The molecule has 2 aromatic heterocycles. The number of ether oxygens (including phenoxy) is 1. The van der Waals surface area contributed by atoms with Gasteiger partial charge in [0.15, 0.2) is 5.69 Å². The maximum atomic E-state index is 12.5. The molecule has 1 aromatic carbocycles. The average Bonchev–Trinajstić information content (AvgIpc) is 3.22. The van der Waals surface area contributed by atoms with Gasteiger partial charge in [0.25, 0.3) is 5.91 Å². The SMILES string of the molecule is Cc1cccc(OCc2c(C(=O)NCCn3cc(Cl)cn3)noc2C)c1C. The van der Waals surface area contributed by atoms with Crippen LogP contribution in [0.2, 0.25) is 5.02 Å². The number of aryl methyl sites for hydroxylation is 2. The quantitative estimate of drug-likeness (QED) is 0.670. The van der Waals surface area contributed by atoms with Crippen LogP contribution in [0.15, 0.2) is 35.1 Å². The molecule has 1 N–H and O–H groups in total. The number of hydrogen-bond acceptors (Lipinski definition) is 5. The molecular formula is C19H21ClN4O3. The number of hydrogen-bond donors (Lipinski definition) is 1. The van der Waals surface area contributed by atoms with Gasteiger partial charge in [-0.25, -0.2) is 0 Å². The maximum absolute atomic E-state index is 12.5. The monoisotopic (exact) mass is 388 g/mol. The first-order valence-electron chi connectivity index (χ1n) is 8.56. The van der Waals surface area contributed by atoms with E-state index in [9.17, 15) is 4.79 Å². The van der Waals surface area contributed by atoms with E-state index in [0.29, 0.717) is 29.4 Å². The van der Waals surface area contributed by atoms with Crippen LogP contribution in [-0.4, -0.2) is 27.4 Å². The molecule has 0 bridgehead atoms. The van der Waals surface area contributed by atoms with E-state index >= 15 is 0 Å². The van der Waals surface area contributed by atoms with Crippen molar-refractivity contribution in [3.8, 4) is 5.75 Å². The number of benzene rings is 1. The fourth-order valence-corrected chi connectivity index (χ4v) is 2.75. The minimum atomic E-state index is -0.315. The second-order valence-electron chi connectivity index (χ2n) is 6.23. The van der Waals surface area contributed by atoms with Gasteiger partial charge in [-0.2, -0.15) is 5.10 Å². The third kappa shape index (κ3) is 4.49. The summed E-state index contributed by atoms with van der Waals surface area (Å²) in [5, 5.41) is 11.3.